The molecule has 3 rings (SSSR count). The Balaban J connectivity index is 1.96. The first-order valence-corrected chi connectivity index (χ1v) is 9.59. The lowest BCUT2D eigenvalue weighted by molar-refractivity contribution is -0.0440. The molecule has 0 N–H and O–H groups in total. The minimum atomic E-state index is -3.61. The minimum absolute atomic E-state index is 0.148. The van der Waals surface area contributed by atoms with E-state index in [-0.39, 0.29) is 17.1 Å². The molecule has 25 heavy (non-hydrogen) atoms. The first kappa shape index (κ1) is 18.0. The largest absolute Gasteiger partial charge is 0.373 e. The van der Waals surface area contributed by atoms with Crippen molar-refractivity contribution < 1.29 is 17.5 Å². The van der Waals surface area contributed by atoms with Gasteiger partial charge >= 0.3 is 0 Å². The van der Waals surface area contributed by atoms with Crippen LogP contribution in [0.3, 0.4) is 0 Å². The monoisotopic (exact) mass is 364 g/mol. The summed E-state index contributed by atoms with van der Waals surface area (Å²) in [6.45, 7) is 6.15. The van der Waals surface area contributed by atoms with Crippen LogP contribution in [0.2, 0.25) is 0 Å². The number of ether oxygens (including phenoxy) is 1. The SMILES string of the molecule is Cc1cc(S(=O)(=O)N2C[C@@H](C)O[C@@H](C)C2)ccc1-c1ccncc1F. The second-order valence-corrected chi connectivity index (χ2v) is 8.35. The third kappa shape index (κ3) is 3.58. The molecule has 0 unspecified atom stereocenters. The third-order valence-electron chi connectivity index (χ3n) is 4.28. The highest BCUT2D eigenvalue weighted by atomic mass is 32.2. The van der Waals surface area contributed by atoms with E-state index in [1.165, 1.54) is 16.6 Å². The van der Waals surface area contributed by atoms with E-state index in [0.717, 1.165) is 6.20 Å². The molecule has 1 fully saturated rings. The summed E-state index contributed by atoms with van der Waals surface area (Å²) in [5, 5.41) is 0. The molecule has 1 aliphatic rings. The zero-order chi connectivity index (χ0) is 18.2. The van der Waals surface area contributed by atoms with Gasteiger partial charge in [-0.05, 0) is 50.1 Å². The molecule has 0 amide bonds. The molecule has 0 bridgehead atoms. The number of aryl methyl sites for hydroxylation is 1. The van der Waals surface area contributed by atoms with Gasteiger partial charge in [0.2, 0.25) is 10.0 Å². The standard InChI is InChI=1S/C18H21FN2O3S/c1-12-8-15(4-5-16(12)17-6-7-20-9-18(17)19)25(22,23)21-10-13(2)24-14(3)11-21/h4-9,13-14H,10-11H2,1-3H3/t13-,14+. The van der Waals surface area contributed by atoms with E-state index in [1.807, 2.05) is 13.8 Å². The summed E-state index contributed by atoms with van der Waals surface area (Å²) in [6.07, 6.45) is 2.37. The Hall–Kier alpha value is -1.83. The molecule has 0 radical (unpaired) electrons. The number of pyridine rings is 1. The van der Waals surface area contributed by atoms with Gasteiger partial charge in [0.25, 0.3) is 0 Å². The lowest BCUT2D eigenvalue weighted by atomic mass is 10.0. The van der Waals surface area contributed by atoms with Crippen LogP contribution in [-0.2, 0) is 14.8 Å². The molecule has 2 heterocycles. The lowest BCUT2D eigenvalue weighted by Crippen LogP contribution is -2.48. The number of hydrogen-bond donors (Lipinski definition) is 0. The summed E-state index contributed by atoms with van der Waals surface area (Å²) >= 11 is 0. The van der Waals surface area contributed by atoms with Crippen molar-refractivity contribution in [3.8, 4) is 11.1 Å². The van der Waals surface area contributed by atoms with Gasteiger partial charge in [-0.15, -0.1) is 0 Å². The van der Waals surface area contributed by atoms with E-state index in [1.54, 1.807) is 25.1 Å². The van der Waals surface area contributed by atoms with Crippen molar-refractivity contribution in [1.82, 2.24) is 9.29 Å². The number of morpholine rings is 1. The van der Waals surface area contributed by atoms with Crippen LogP contribution < -0.4 is 0 Å². The summed E-state index contributed by atoms with van der Waals surface area (Å²) in [7, 11) is -3.61. The topological polar surface area (TPSA) is 59.5 Å². The fourth-order valence-corrected chi connectivity index (χ4v) is 4.84. The molecule has 1 aromatic heterocycles. The molecule has 2 aromatic rings. The van der Waals surface area contributed by atoms with Crippen LogP contribution in [-0.4, -0.2) is 43.0 Å². The Kier molecular flexibility index (Phi) is 4.90. The molecule has 0 spiro atoms. The van der Waals surface area contributed by atoms with Crippen molar-refractivity contribution >= 4 is 10.0 Å². The Morgan fingerprint density at radius 2 is 1.84 bits per heavy atom. The van der Waals surface area contributed by atoms with Gasteiger partial charge < -0.3 is 4.74 Å². The highest BCUT2D eigenvalue weighted by Gasteiger charge is 2.32. The summed E-state index contributed by atoms with van der Waals surface area (Å²) < 4.78 is 46.9. The number of benzene rings is 1. The quantitative estimate of drug-likeness (QED) is 0.840. The second-order valence-electron chi connectivity index (χ2n) is 6.41. The molecular weight excluding hydrogens is 343 g/mol. The molecule has 1 saturated heterocycles. The average molecular weight is 364 g/mol. The highest BCUT2D eigenvalue weighted by Crippen LogP contribution is 2.29. The van der Waals surface area contributed by atoms with E-state index in [4.69, 9.17) is 4.74 Å². The number of nitrogens with zero attached hydrogens (tertiary/aromatic N) is 2. The lowest BCUT2D eigenvalue weighted by Gasteiger charge is -2.34. The average Bonchev–Trinajstić information content (AvgIpc) is 2.54. The van der Waals surface area contributed by atoms with Gasteiger partial charge in [-0.2, -0.15) is 4.31 Å². The zero-order valence-electron chi connectivity index (χ0n) is 14.4. The van der Waals surface area contributed by atoms with Gasteiger partial charge in [0, 0.05) is 24.8 Å². The molecule has 0 saturated carbocycles. The van der Waals surface area contributed by atoms with E-state index >= 15 is 0 Å². The van der Waals surface area contributed by atoms with Crippen molar-refractivity contribution in [3.63, 3.8) is 0 Å². The van der Waals surface area contributed by atoms with Gasteiger partial charge in [-0.25, -0.2) is 12.8 Å². The first-order valence-electron chi connectivity index (χ1n) is 8.15. The van der Waals surface area contributed by atoms with E-state index in [0.29, 0.717) is 29.8 Å². The maximum atomic E-state index is 14.0. The molecule has 134 valence electrons. The van der Waals surface area contributed by atoms with Crippen molar-refractivity contribution in [2.75, 3.05) is 13.1 Å². The van der Waals surface area contributed by atoms with Gasteiger partial charge in [0.05, 0.1) is 23.3 Å². The van der Waals surface area contributed by atoms with Crippen LogP contribution >= 0.6 is 0 Å². The van der Waals surface area contributed by atoms with Crippen LogP contribution in [0.4, 0.5) is 4.39 Å². The molecule has 0 aliphatic carbocycles. The van der Waals surface area contributed by atoms with Crippen LogP contribution in [0.15, 0.2) is 41.6 Å². The Labute approximate surface area is 147 Å². The molecule has 2 atom stereocenters. The maximum absolute atomic E-state index is 14.0. The summed E-state index contributed by atoms with van der Waals surface area (Å²) in [5.74, 6) is -0.433. The van der Waals surface area contributed by atoms with Crippen molar-refractivity contribution in [2.45, 2.75) is 37.9 Å². The highest BCUT2D eigenvalue weighted by molar-refractivity contribution is 7.89. The fourth-order valence-electron chi connectivity index (χ4n) is 3.17. The van der Waals surface area contributed by atoms with Crippen LogP contribution in [0.5, 0.6) is 0 Å². The minimum Gasteiger partial charge on any atom is -0.373 e. The smallest absolute Gasteiger partial charge is 0.243 e. The zero-order valence-corrected chi connectivity index (χ0v) is 15.3. The molecule has 5 nitrogen and oxygen atoms in total. The first-order chi connectivity index (χ1) is 11.8. The number of halogens is 1. The fraction of sp³-hybridized carbons (Fsp3) is 0.389. The third-order valence-corrected chi connectivity index (χ3v) is 6.11. The maximum Gasteiger partial charge on any atom is 0.243 e. The second kappa shape index (κ2) is 6.82. The van der Waals surface area contributed by atoms with Crippen molar-refractivity contribution in [1.29, 1.82) is 0 Å². The van der Waals surface area contributed by atoms with Gasteiger partial charge in [-0.1, -0.05) is 6.07 Å². The predicted molar refractivity (Wildman–Crippen MR) is 93.1 cm³/mol. The molecule has 1 aliphatic heterocycles. The normalized spacial score (nSPS) is 22.1. The van der Waals surface area contributed by atoms with Crippen molar-refractivity contribution in [3.05, 3.63) is 48.0 Å². The number of aromatic nitrogens is 1. The van der Waals surface area contributed by atoms with Gasteiger partial charge in [0.15, 0.2) is 0 Å². The number of sulfonamides is 1. The number of rotatable bonds is 3. The van der Waals surface area contributed by atoms with Gasteiger partial charge in [-0.3, -0.25) is 4.98 Å². The summed E-state index contributed by atoms with van der Waals surface area (Å²) in [6, 6.07) is 6.35. The van der Waals surface area contributed by atoms with Crippen LogP contribution in [0.1, 0.15) is 19.4 Å². The Bertz CT molecular complexity index is 876. The van der Waals surface area contributed by atoms with E-state index in [9.17, 15) is 12.8 Å². The Morgan fingerprint density at radius 1 is 1.16 bits per heavy atom. The summed E-state index contributed by atoms with van der Waals surface area (Å²) in [4.78, 5) is 3.96. The predicted octanol–water partition coefficient (Wildman–Crippen LogP) is 2.99. The summed E-state index contributed by atoms with van der Waals surface area (Å²) in [5.41, 5.74) is 1.76. The van der Waals surface area contributed by atoms with Crippen LogP contribution in [0.25, 0.3) is 11.1 Å². The number of hydrogen-bond acceptors (Lipinski definition) is 4. The van der Waals surface area contributed by atoms with Crippen LogP contribution in [0, 0.1) is 12.7 Å². The van der Waals surface area contributed by atoms with E-state index < -0.39 is 15.8 Å². The Morgan fingerprint density at radius 3 is 2.44 bits per heavy atom. The molecule has 7 heteroatoms. The molecular formula is C18H21FN2O3S. The van der Waals surface area contributed by atoms with E-state index in [2.05, 4.69) is 4.98 Å². The van der Waals surface area contributed by atoms with Gasteiger partial charge in [0.1, 0.15) is 5.82 Å². The van der Waals surface area contributed by atoms with Crippen molar-refractivity contribution in [2.24, 2.45) is 0 Å². The molecule has 1 aromatic carbocycles.